The summed E-state index contributed by atoms with van der Waals surface area (Å²) in [4.78, 5) is 12.0. The highest BCUT2D eigenvalue weighted by molar-refractivity contribution is 5.91. The number of rotatable bonds is 0. The van der Waals surface area contributed by atoms with Crippen molar-refractivity contribution in [1.82, 2.24) is 0 Å². The fraction of sp³-hybridized carbons (Fsp3) is 0.850. The molecule has 120 valence electrons. The lowest BCUT2D eigenvalue weighted by Gasteiger charge is -2.55. The Morgan fingerprint density at radius 3 is 2.68 bits per heavy atom. The Hall–Kier alpha value is -0.630. The summed E-state index contributed by atoms with van der Waals surface area (Å²) in [5.74, 6) is 3.75. The highest BCUT2D eigenvalue weighted by Gasteiger charge is 2.62. The van der Waals surface area contributed by atoms with Crippen molar-refractivity contribution < 1.29 is 4.79 Å². The lowest BCUT2D eigenvalue weighted by Crippen LogP contribution is -2.51. The van der Waals surface area contributed by atoms with Gasteiger partial charge in [0.15, 0.2) is 5.78 Å². The number of allylic oxidation sites excluding steroid dienone is 1. The van der Waals surface area contributed by atoms with Crippen molar-refractivity contribution in [3.8, 4) is 0 Å². The molecular weight excluding hydrogens is 270 g/mol. The lowest BCUT2D eigenvalue weighted by atomic mass is 9.49. The molecule has 0 aromatic heterocycles. The summed E-state index contributed by atoms with van der Waals surface area (Å²) in [5.41, 5.74) is 8.97. The third-order valence-electron chi connectivity index (χ3n) is 8.59. The molecule has 4 fully saturated rings. The Kier molecular flexibility index (Phi) is 2.67. The van der Waals surface area contributed by atoms with Gasteiger partial charge in [0.05, 0.1) is 0 Å². The average molecular weight is 299 g/mol. The standard InChI is InChI=1S/C20H29NO/c1-19-7-6-13-14-3-2-12(22)10-17(14)20(8-9-20)11-15(13)16(19)4-5-18(19)21/h10,13-16,18H,2-9,11,21H2,1H3/t13-,14-,15-,16+,18+,19+/m1/s1. The third kappa shape index (κ3) is 1.63. The van der Waals surface area contributed by atoms with E-state index in [1.807, 2.05) is 0 Å². The number of fused-ring (bicyclic) bond motifs is 6. The van der Waals surface area contributed by atoms with E-state index in [1.165, 1.54) is 44.9 Å². The van der Waals surface area contributed by atoms with Crippen molar-refractivity contribution >= 4 is 5.78 Å². The van der Waals surface area contributed by atoms with Crippen molar-refractivity contribution in [3.63, 3.8) is 0 Å². The molecule has 4 saturated carbocycles. The molecule has 6 atom stereocenters. The number of carbonyl (C=O) groups is 1. The van der Waals surface area contributed by atoms with E-state index in [1.54, 1.807) is 5.57 Å². The number of hydrogen-bond acceptors (Lipinski definition) is 2. The zero-order chi connectivity index (χ0) is 15.1. The fourth-order valence-corrected chi connectivity index (χ4v) is 7.16. The summed E-state index contributed by atoms with van der Waals surface area (Å²) in [7, 11) is 0. The second-order valence-corrected chi connectivity index (χ2v) is 9.36. The predicted octanol–water partition coefficient (Wildman–Crippen LogP) is 3.85. The first-order valence-electron chi connectivity index (χ1n) is 9.54. The highest BCUT2D eigenvalue weighted by Crippen LogP contribution is 2.70. The zero-order valence-electron chi connectivity index (χ0n) is 13.8. The van der Waals surface area contributed by atoms with E-state index in [0.29, 0.717) is 22.7 Å². The summed E-state index contributed by atoms with van der Waals surface area (Å²) < 4.78 is 0. The Balaban J connectivity index is 1.54. The van der Waals surface area contributed by atoms with Gasteiger partial charge < -0.3 is 5.73 Å². The molecule has 1 spiro atoms. The Labute approximate surface area is 133 Å². The summed E-state index contributed by atoms with van der Waals surface area (Å²) in [6.45, 7) is 2.49. The van der Waals surface area contributed by atoms with Gasteiger partial charge in [0.25, 0.3) is 0 Å². The van der Waals surface area contributed by atoms with Gasteiger partial charge in [-0.2, -0.15) is 0 Å². The van der Waals surface area contributed by atoms with Crippen LogP contribution in [-0.4, -0.2) is 11.8 Å². The van der Waals surface area contributed by atoms with Crippen molar-refractivity contribution in [2.45, 2.75) is 70.8 Å². The van der Waals surface area contributed by atoms with Gasteiger partial charge in [0, 0.05) is 12.5 Å². The molecule has 0 aromatic rings. The van der Waals surface area contributed by atoms with E-state index in [4.69, 9.17) is 5.73 Å². The highest BCUT2D eigenvalue weighted by atomic mass is 16.1. The van der Waals surface area contributed by atoms with Crippen LogP contribution in [0.3, 0.4) is 0 Å². The van der Waals surface area contributed by atoms with E-state index >= 15 is 0 Å². The largest absolute Gasteiger partial charge is 0.327 e. The molecule has 22 heavy (non-hydrogen) atoms. The van der Waals surface area contributed by atoms with Crippen molar-refractivity contribution in [3.05, 3.63) is 11.6 Å². The van der Waals surface area contributed by atoms with Crippen LogP contribution in [0.15, 0.2) is 11.6 Å². The van der Waals surface area contributed by atoms with Crippen LogP contribution in [0.2, 0.25) is 0 Å². The number of ketones is 1. The second kappa shape index (κ2) is 4.26. The van der Waals surface area contributed by atoms with E-state index in [2.05, 4.69) is 13.0 Å². The zero-order valence-corrected chi connectivity index (χ0v) is 13.8. The van der Waals surface area contributed by atoms with E-state index in [9.17, 15) is 4.79 Å². The second-order valence-electron chi connectivity index (χ2n) is 9.36. The Bertz CT molecular complexity index is 560. The molecule has 5 aliphatic rings. The molecule has 0 saturated heterocycles. The molecule has 2 N–H and O–H groups in total. The Morgan fingerprint density at radius 1 is 1.09 bits per heavy atom. The van der Waals surface area contributed by atoms with Crippen LogP contribution in [0, 0.1) is 34.5 Å². The first-order valence-corrected chi connectivity index (χ1v) is 9.54. The summed E-state index contributed by atoms with van der Waals surface area (Å²) in [6, 6.07) is 0.429. The molecule has 5 aliphatic carbocycles. The van der Waals surface area contributed by atoms with Gasteiger partial charge in [-0.25, -0.2) is 0 Å². The van der Waals surface area contributed by atoms with Crippen molar-refractivity contribution in [2.75, 3.05) is 0 Å². The minimum atomic E-state index is 0.402. The number of carbonyl (C=O) groups excluding carboxylic acids is 1. The van der Waals surface area contributed by atoms with Crippen molar-refractivity contribution in [1.29, 1.82) is 0 Å². The molecule has 2 nitrogen and oxygen atoms in total. The SMILES string of the molecule is C[C@]12CC[C@H]3[C@@H](CC4(CC4)C4=CC(=O)CC[C@@H]43)[C@@H]1CC[C@@H]2N. The molecule has 0 unspecified atom stereocenters. The summed E-state index contributed by atoms with van der Waals surface area (Å²) in [5, 5.41) is 0. The lowest BCUT2D eigenvalue weighted by molar-refractivity contribution is -0.116. The van der Waals surface area contributed by atoms with Crippen LogP contribution in [0.1, 0.15) is 64.7 Å². The average Bonchev–Trinajstić information content (AvgIpc) is 3.20. The minimum Gasteiger partial charge on any atom is -0.327 e. The molecule has 2 heteroatoms. The van der Waals surface area contributed by atoms with Gasteiger partial charge in [-0.3, -0.25) is 4.79 Å². The van der Waals surface area contributed by atoms with Gasteiger partial charge in [-0.05, 0) is 91.9 Å². The monoisotopic (exact) mass is 299 g/mol. The van der Waals surface area contributed by atoms with Gasteiger partial charge in [-0.15, -0.1) is 0 Å². The maximum atomic E-state index is 12.0. The molecular formula is C20H29NO. The molecule has 0 radical (unpaired) electrons. The molecule has 0 aromatic carbocycles. The summed E-state index contributed by atoms with van der Waals surface area (Å²) >= 11 is 0. The van der Waals surface area contributed by atoms with Gasteiger partial charge >= 0.3 is 0 Å². The number of hydrogen-bond donors (Lipinski definition) is 1. The van der Waals surface area contributed by atoms with Crippen LogP contribution in [0.4, 0.5) is 0 Å². The van der Waals surface area contributed by atoms with Gasteiger partial charge in [0.1, 0.15) is 0 Å². The number of nitrogens with two attached hydrogens (primary N) is 1. The maximum absolute atomic E-state index is 12.0. The van der Waals surface area contributed by atoms with E-state index in [-0.39, 0.29) is 0 Å². The van der Waals surface area contributed by atoms with Gasteiger partial charge in [0.2, 0.25) is 0 Å². The van der Waals surface area contributed by atoms with Gasteiger partial charge in [-0.1, -0.05) is 12.5 Å². The molecule has 5 rings (SSSR count). The van der Waals surface area contributed by atoms with Crippen LogP contribution in [0.5, 0.6) is 0 Å². The first kappa shape index (κ1) is 13.8. The molecule has 0 bridgehead atoms. The molecule has 0 aliphatic heterocycles. The van der Waals surface area contributed by atoms with Crippen LogP contribution >= 0.6 is 0 Å². The topological polar surface area (TPSA) is 43.1 Å². The third-order valence-corrected chi connectivity index (χ3v) is 8.59. The van der Waals surface area contributed by atoms with Crippen LogP contribution in [-0.2, 0) is 4.79 Å². The van der Waals surface area contributed by atoms with E-state index < -0.39 is 0 Å². The maximum Gasteiger partial charge on any atom is 0.155 e. The minimum absolute atomic E-state index is 0.402. The van der Waals surface area contributed by atoms with E-state index in [0.717, 1.165) is 36.5 Å². The van der Waals surface area contributed by atoms with Crippen molar-refractivity contribution in [2.24, 2.45) is 40.2 Å². The Morgan fingerprint density at radius 2 is 1.91 bits per heavy atom. The predicted molar refractivity (Wildman–Crippen MR) is 87.1 cm³/mol. The smallest absolute Gasteiger partial charge is 0.155 e. The van der Waals surface area contributed by atoms with Crippen LogP contribution < -0.4 is 5.73 Å². The fourth-order valence-electron chi connectivity index (χ4n) is 7.16. The first-order chi connectivity index (χ1) is 10.5. The molecule has 0 heterocycles. The quantitative estimate of drug-likeness (QED) is 0.738. The normalized spacial score (nSPS) is 51.8. The molecule has 0 amide bonds. The summed E-state index contributed by atoms with van der Waals surface area (Å²) in [6.07, 6.45) is 13.4. The van der Waals surface area contributed by atoms with Crippen LogP contribution in [0.25, 0.3) is 0 Å².